The number of rotatable bonds is 3. The van der Waals surface area contributed by atoms with Gasteiger partial charge in [0.05, 0.1) is 0 Å². The first-order valence-corrected chi connectivity index (χ1v) is 5.65. The van der Waals surface area contributed by atoms with Crippen LogP contribution >= 0.6 is 0 Å². The summed E-state index contributed by atoms with van der Waals surface area (Å²) < 4.78 is 5.13. The van der Waals surface area contributed by atoms with E-state index >= 15 is 0 Å². The van der Waals surface area contributed by atoms with Crippen LogP contribution in [0, 0.1) is 16.0 Å². The third-order valence-electron chi connectivity index (χ3n) is 3.43. The van der Waals surface area contributed by atoms with E-state index in [0.717, 1.165) is 19.3 Å². The average molecular weight is 229 g/mol. The quantitative estimate of drug-likeness (QED) is 0.422. The van der Waals surface area contributed by atoms with E-state index in [2.05, 4.69) is 0 Å². The first-order valence-electron chi connectivity index (χ1n) is 5.65. The zero-order valence-corrected chi connectivity index (χ0v) is 10.1. The molecule has 1 saturated carbocycles. The fourth-order valence-corrected chi connectivity index (χ4v) is 2.28. The molecular weight excluding hydrogens is 210 g/mol. The molecule has 1 aliphatic carbocycles. The van der Waals surface area contributed by atoms with Gasteiger partial charge in [-0.3, -0.25) is 14.9 Å². The lowest BCUT2D eigenvalue weighted by atomic mass is 9.76. The van der Waals surface area contributed by atoms with Gasteiger partial charge in [0.2, 0.25) is 5.54 Å². The van der Waals surface area contributed by atoms with Crippen molar-refractivity contribution in [2.45, 2.75) is 58.1 Å². The molecule has 0 saturated heterocycles. The predicted octanol–water partition coefficient (Wildman–Crippen LogP) is 2.16. The molecule has 0 aromatic heterocycles. The molecule has 16 heavy (non-hydrogen) atoms. The standard InChI is InChI=1S/C11H19NO4/c1-8(13)16-10-6-4-5-9(7-10)11(2,3)12(14)15/h9-10H,4-7H2,1-3H3/t9-,10+/m0/s1. The van der Waals surface area contributed by atoms with Crippen LogP contribution in [0.1, 0.15) is 46.5 Å². The van der Waals surface area contributed by atoms with Crippen molar-refractivity contribution < 1.29 is 14.5 Å². The minimum atomic E-state index is -0.932. The summed E-state index contributed by atoms with van der Waals surface area (Å²) in [7, 11) is 0. The third kappa shape index (κ3) is 2.93. The van der Waals surface area contributed by atoms with Gasteiger partial charge in [-0.2, -0.15) is 0 Å². The summed E-state index contributed by atoms with van der Waals surface area (Å²) >= 11 is 0. The number of ether oxygens (including phenoxy) is 1. The van der Waals surface area contributed by atoms with E-state index in [4.69, 9.17) is 4.74 Å². The number of nitro groups is 1. The lowest BCUT2D eigenvalue weighted by Crippen LogP contribution is -2.43. The number of carbonyl (C=O) groups is 1. The van der Waals surface area contributed by atoms with Gasteiger partial charge in [0, 0.05) is 31.6 Å². The fourth-order valence-electron chi connectivity index (χ4n) is 2.28. The van der Waals surface area contributed by atoms with E-state index in [1.807, 2.05) is 0 Å². The van der Waals surface area contributed by atoms with Gasteiger partial charge < -0.3 is 4.74 Å². The van der Waals surface area contributed by atoms with E-state index in [0.29, 0.717) is 6.42 Å². The number of carbonyl (C=O) groups excluding carboxylic acids is 1. The van der Waals surface area contributed by atoms with Gasteiger partial charge >= 0.3 is 5.97 Å². The van der Waals surface area contributed by atoms with Crippen molar-refractivity contribution in [3.63, 3.8) is 0 Å². The van der Waals surface area contributed by atoms with Crippen molar-refractivity contribution in [1.82, 2.24) is 0 Å². The first-order chi connectivity index (χ1) is 7.34. The average Bonchev–Trinajstić information content (AvgIpc) is 2.16. The summed E-state index contributed by atoms with van der Waals surface area (Å²) in [5.41, 5.74) is -0.932. The van der Waals surface area contributed by atoms with Crippen LogP contribution in [0.15, 0.2) is 0 Å². The van der Waals surface area contributed by atoms with E-state index in [1.54, 1.807) is 13.8 Å². The van der Waals surface area contributed by atoms with Crippen LogP contribution < -0.4 is 0 Å². The van der Waals surface area contributed by atoms with Gasteiger partial charge in [0.15, 0.2) is 0 Å². The van der Waals surface area contributed by atoms with Crippen LogP contribution in [0.3, 0.4) is 0 Å². The second kappa shape index (κ2) is 4.80. The fraction of sp³-hybridized carbons (Fsp3) is 0.909. The highest BCUT2D eigenvalue weighted by molar-refractivity contribution is 5.66. The van der Waals surface area contributed by atoms with Crippen LogP contribution in [0.5, 0.6) is 0 Å². The Bertz CT molecular complexity index is 288. The first kappa shape index (κ1) is 12.9. The van der Waals surface area contributed by atoms with Crippen molar-refractivity contribution >= 4 is 5.97 Å². The van der Waals surface area contributed by atoms with Crippen LogP contribution in [0.2, 0.25) is 0 Å². The molecule has 0 bridgehead atoms. The van der Waals surface area contributed by atoms with Crippen molar-refractivity contribution in [3.8, 4) is 0 Å². The molecule has 1 rings (SSSR count). The maximum atomic E-state index is 10.9. The zero-order chi connectivity index (χ0) is 12.3. The molecule has 5 nitrogen and oxygen atoms in total. The van der Waals surface area contributed by atoms with Crippen LogP contribution in [-0.2, 0) is 9.53 Å². The summed E-state index contributed by atoms with van der Waals surface area (Å²) in [5, 5.41) is 10.9. The Kier molecular flexibility index (Phi) is 3.88. The van der Waals surface area contributed by atoms with Gasteiger partial charge in [0.1, 0.15) is 6.10 Å². The number of hydrogen-bond donors (Lipinski definition) is 0. The number of hydrogen-bond acceptors (Lipinski definition) is 4. The smallest absolute Gasteiger partial charge is 0.302 e. The molecule has 0 aromatic carbocycles. The number of esters is 1. The molecule has 2 atom stereocenters. The second-order valence-corrected chi connectivity index (χ2v) is 5.01. The van der Waals surface area contributed by atoms with Crippen molar-refractivity contribution in [2.75, 3.05) is 0 Å². The molecule has 1 aliphatic rings. The molecule has 0 N–H and O–H groups in total. The summed E-state index contributed by atoms with van der Waals surface area (Å²) in [5.74, 6) is -0.315. The maximum Gasteiger partial charge on any atom is 0.302 e. The van der Waals surface area contributed by atoms with Crippen molar-refractivity contribution in [1.29, 1.82) is 0 Å². The van der Waals surface area contributed by atoms with E-state index in [-0.39, 0.29) is 22.9 Å². The van der Waals surface area contributed by atoms with E-state index in [9.17, 15) is 14.9 Å². The van der Waals surface area contributed by atoms with Gasteiger partial charge in [-0.25, -0.2) is 0 Å². The van der Waals surface area contributed by atoms with Crippen molar-refractivity contribution in [2.24, 2.45) is 5.92 Å². The molecule has 92 valence electrons. The SMILES string of the molecule is CC(=O)O[C@@H]1CCC[C@H](C(C)(C)[N+](=O)[O-])C1. The lowest BCUT2D eigenvalue weighted by molar-refractivity contribution is -0.572. The number of nitrogens with zero attached hydrogens (tertiary/aromatic N) is 1. The van der Waals surface area contributed by atoms with Gasteiger partial charge in [-0.05, 0) is 25.7 Å². The van der Waals surface area contributed by atoms with Crippen molar-refractivity contribution in [3.05, 3.63) is 10.1 Å². The monoisotopic (exact) mass is 229 g/mol. The maximum absolute atomic E-state index is 10.9. The molecule has 0 aromatic rings. The van der Waals surface area contributed by atoms with Crippen LogP contribution in [0.4, 0.5) is 0 Å². The zero-order valence-electron chi connectivity index (χ0n) is 10.1. The summed E-state index contributed by atoms with van der Waals surface area (Å²) in [6.45, 7) is 4.67. The Balaban J connectivity index is 2.63. The highest BCUT2D eigenvalue weighted by Crippen LogP contribution is 2.35. The molecule has 0 aliphatic heterocycles. The highest BCUT2D eigenvalue weighted by Gasteiger charge is 2.43. The Morgan fingerprint density at radius 1 is 1.44 bits per heavy atom. The summed E-state index contributed by atoms with van der Waals surface area (Å²) in [4.78, 5) is 21.6. The molecule has 0 spiro atoms. The molecular formula is C11H19NO4. The molecule has 0 amide bonds. The molecule has 0 radical (unpaired) electrons. The van der Waals surface area contributed by atoms with E-state index < -0.39 is 5.54 Å². The third-order valence-corrected chi connectivity index (χ3v) is 3.43. The molecule has 0 heterocycles. The summed E-state index contributed by atoms with van der Waals surface area (Å²) in [6.07, 6.45) is 3.01. The normalized spacial score (nSPS) is 26.2. The minimum absolute atomic E-state index is 0.0133. The minimum Gasteiger partial charge on any atom is -0.463 e. The lowest BCUT2D eigenvalue weighted by Gasteiger charge is -2.33. The second-order valence-electron chi connectivity index (χ2n) is 5.01. The van der Waals surface area contributed by atoms with Crippen LogP contribution in [0.25, 0.3) is 0 Å². The Morgan fingerprint density at radius 2 is 2.06 bits per heavy atom. The topological polar surface area (TPSA) is 69.4 Å². The highest BCUT2D eigenvalue weighted by atomic mass is 16.6. The van der Waals surface area contributed by atoms with E-state index in [1.165, 1.54) is 6.92 Å². The van der Waals surface area contributed by atoms with Gasteiger partial charge in [-0.15, -0.1) is 0 Å². The van der Waals surface area contributed by atoms with Crippen LogP contribution in [-0.4, -0.2) is 22.5 Å². The van der Waals surface area contributed by atoms with Gasteiger partial charge in [-0.1, -0.05) is 0 Å². The summed E-state index contributed by atoms with van der Waals surface area (Å²) in [6, 6.07) is 0. The largest absolute Gasteiger partial charge is 0.463 e. The Morgan fingerprint density at radius 3 is 2.56 bits per heavy atom. The molecule has 0 unspecified atom stereocenters. The predicted molar refractivity (Wildman–Crippen MR) is 58.6 cm³/mol. The Hall–Kier alpha value is -1.13. The molecule has 1 fully saturated rings. The molecule has 5 heteroatoms. The Labute approximate surface area is 95.3 Å². The van der Waals surface area contributed by atoms with Gasteiger partial charge in [0.25, 0.3) is 0 Å².